The Bertz CT molecular complexity index is 309. The molecule has 1 saturated carbocycles. The van der Waals surface area contributed by atoms with Crippen molar-refractivity contribution in [3.63, 3.8) is 0 Å². The van der Waals surface area contributed by atoms with Crippen LogP contribution in [0.2, 0.25) is 0 Å². The molecule has 1 N–H and O–H groups in total. The lowest BCUT2D eigenvalue weighted by Gasteiger charge is -2.35. The van der Waals surface area contributed by atoms with Crippen LogP contribution in [0.1, 0.15) is 32.6 Å². The summed E-state index contributed by atoms with van der Waals surface area (Å²) in [6.07, 6.45) is -0.0108. The smallest absolute Gasteiger partial charge is 0.248 e. The summed E-state index contributed by atoms with van der Waals surface area (Å²) in [4.78, 5) is 13.6. The van der Waals surface area contributed by atoms with E-state index in [2.05, 4.69) is 0 Å². The average Bonchev–Trinajstić information content (AvgIpc) is 2.62. The number of aliphatic hydroxyl groups is 1. The van der Waals surface area contributed by atoms with Gasteiger partial charge in [-0.1, -0.05) is 6.92 Å². The third-order valence-corrected chi connectivity index (χ3v) is 3.98. The normalized spacial score (nSPS) is 37.2. The van der Waals surface area contributed by atoms with Gasteiger partial charge < -0.3 is 10.0 Å². The molecule has 0 aromatic carbocycles. The number of aliphatic hydroxyl groups excluding tert-OH is 1. The molecule has 1 amide bonds. The molecule has 3 nitrogen and oxygen atoms in total. The average molecular weight is 247 g/mol. The van der Waals surface area contributed by atoms with Gasteiger partial charge in [0.05, 0.1) is 6.10 Å². The summed E-state index contributed by atoms with van der Waals surface area (Å²) in [5.74, 6) is -3.25. The first-order chi connectivity index (χ1) is 7.89. The molecule has 0 aromatic heterocycles. The number of alkyl halides is 2. The highest BCUT2D eigenvalue weighted by molar-refractivity contribution is 5.79. The molecule has 2 fully saturated rings. The van der Waals surface area contributed by atoms with Crippen LogP contribution in [0, 0.1) is 11.8 Å². The zero-order valence-electron chi connectivity index (χ0n) is 10.0. The molecule has 0 radical (unpaired) electrons. The van der Waals surface area contributed by atoms with Crippen molar-refractivity contribution < 1.29 is 18.7 Å². The van der Waals surface area contributed by atoms with Crippen molar-refractivity contribution in [2.75, 3.05) is 13.1 Å². The molecule has 1 aliphatic heterocycles. The molecule has 1 aliphatic carbocycles. The van der Waals surface area contributed by atoms with Gasteiger partial charge >= 0.3 is 0 Å². The quantitative estimate of drug-likeness (QED) is 0.765. The molecule has 1 heterocycles. The molecule has 0 spiro atoms. The first-order valence-electron chi connectivity index (χ1n) is 6.24. The number of likely N-dealkylation sites (tertiary alicyclic amines) is 1. The summed E-state index contributed by atoms with van der Waals surface area (Å²) in [6.45, 7) is 2.82. The van der Waals surface area contributed by atoms with E-state index >= 15 is 0 Å². The minimum atomic E-state index is -2.68. The number of carbonyl (C=O) groups excluding carboxylic acids is 1. The molecule has 2 aliphatic rings. The van der Waals surface area contributed by atoms with Crippen molar-refractivity contribution in [1.82, 2.24) is 4.90 Å². The largest absolute Gasteiger partial charge is 0.391 e. The second-order valence-electron chi connectivity index (χ2n) is 5.41. The van der Waals surface area contributed by atoms with E-state index in [1.807, 2.05) is 6.92 Å². The van der Waals surface area contributed by atoms with Crippen molar-refractivity contribution in [3.05, 3.63) is 0 Å². The van der Waals surface area contributed by atoms with Gasteiger partial charge in [0.25, 0.3) is 0 Å². The highest BCUT2D eigenvalue weighted by Crippen LogP contribution is 2.39. The van der Waals surface area contributed by atoms with Crippen LogP contribution in [-0.4, -0.2) is 41.0 Å². The zero-order chi connectivity index (χ0) is 12.6. The Morgan fingerprint density at radius 2 is 2.12 bits per heavy atom. The third kappa shape index (κ3) is 2.76. The lowest BCUT2D eigenvalue weighted by molar-refractivity contribution is -0.140. The van der Waals surface area contributed by atoms with Gasteiger partial charge in [-0.2, -0.15) is 0 Å². The maximum absolute atomic E-state index is 13.0. The predicted molar refractivity (Wildman–Crippen MR) is 58.7 cm³/mol. The predicted octanol–water partition coefficient (Wildman–Crippen LogP) is 1.65. The lowest BCUT2D eigenvalue weighted by atomic mass is 9.94. The third-order valence-electron chi connectivity index (χ3n) is 3.98. The summed E-state index contributed by atoms with van der Waals surface area (Å²) < 4.78 is 26.1. The van der Waals surface area contributed by atoms with Gasteiger partial charge in [-0.05, 0) is 18.8 Å². The number of piperidine rings is 1. The van der Waals surface area contributed by atoms with Gasteiger partial charge in [-0.15, -0.1) is 0 Å². The highest BCUT2D eigenvalue weighted by Gasteiger charge is 2.44. The fourth-order valence-corrected chi connectivity index (χ4v) is 2.67. The summed E-state index contributed by atoms with van der Waals surface area (Å²) >= 11 is 0. The monoisotopic (exact) mass is 247 g/mol. The summed E-state index contributed by atoms with van der Waals surface area (Å²) in [5.41, 5.74) is 0. The Morgan fingerprint density at radius 1 is 1.41 bits per heavy atom. The van der Waals surface area contributed by atoms with E-state index in [0.717, 1.165) is 6.42 Å². The summed E-state index contributed by atoms with van der Waals surface area (Å²) in [5, 5.41) is 9.70. The number of carbonyl (C=O) groups is 1. The Hall–Kier alpha value is -0.710. The van der Waals surface area contributed by atoms with E-state index in [1.54, 1.807) is 4.90 Å². The number of nitrogens with zero attached hydrogens (tertiary/aromatic N) is 1. The van der Waals surface area contributed by atoms with Gasteiger partial charge in [0.1, 0.15) is 0 Å². The molecule has 0 bridgehead atoms. The molecule has 17 heavy (non-hydrogen) atoms. The molecule has 3 unspecified atom stereocenters. The number of halogens is 2. The molecular weight excluding hydrogens is 228 g/mol. The molecule has 5 heteroatoms. The maximum atomic E-state index is 13.0. The Balaban J connectivity index is 1.93. The van der Waals surface area contributed by atoms with Crippen LogP contribution in [0.25, 0.3) is 0 Å². The summed E-state index contributed by atoms with van der Waals surface area (Å²) in [6, 6.07) is 0. The van der Waals surface area contributed by atoms with E-state index in [0.29, 0.717) is 13.1 Å². The zero-order valence-corrected chi connectivity index (χ0v) is 10.0. The van der Waals surface area contributed by atoms with Crippen molar-refractivity contribution >= 4 is 5.91 Å². The Kier molecular flexibility index (Phi) is 3.39. The molecule has 98 valence electrons. The van der Waals surface area contributed by atoms with E-state index < -0.39 is 17.9 Å². The van der Waals surface area contributed by atoms with Gasteiger partial charge in [-0.25, -0.2) is 8.78 Å². The van der Waals surface area contributed by atoms with Crippen LogP contribution in [0.15, 0.2) is 0 Å². The molecule has 3 atom stereocenters. The number of hydrogen-bond acceptors (Lipinski definition) is 2. The van der Waals surface area contributed by atoms with Crippen molar-refractivity contribution in [2.24, 2.45) is 11.8 Å². The van der Waals surface area contributed by atoms with Crippen LogP contribution in [0.5, 0.6) is 0 Å². The fourth-order valence-electron chi connectivity index (χ4n) is 2.67. The minimum absolute atomic E-state index is 0.184. The fraction of sp³-hybridized carbons (Fsp3) is 0.917. The first kappa shape index (κ1) is 12.7. The maximum Gasteiger partial charge on any atom is 0.248 e. The van der Waals surface area contributed by atoms with Gasteiger partial charge in [0, 0.05) is 31.8 Å². The Labute approximate surface area is 99.8 Å². The van der Waals surface area contributed by atoms with Crippen LogP contribution >= 0.6 is 0 Å². The topological polar surface area (TPSA) is 40.5 Å². The van der Waals surface area contributed by atoms with E-state index in [1.165, 1.54) is 0 Å². The van der Waals surface area contributed by atoms with Crippen molar-refractivity contribution in [1.29, 1.82) is 0 Å². The van der Waals surface area contributed by atoms with Crippen LogP contribution < -0.4 is 0 Å². The van der Waals surface area contributed by atoms with Crippen LogP contribution in [-0.2, 0) is 4.79 Å². The van der Waals surface area contributed by atoms with Gasteiger partial charge in [-0.3, -0.25) is 4.79 Å². The van der Waals surface area contributed by atoms with E-state index in [4.69, 9.17) is 0 Å². The molecule has 0 aromatic rings. The van der Waals surface area contributed by atoms with E-state index in [9.17, 15) is 18.7 Å². The Morgan fingerprint density at radius 3 is 2.65 bits per heavy atom. The van der Waals surface area contributed by atoms with Gasteiger partial charge in [0.15, 0.2) is 0 Å². The summed E-state index contributed by atoms with van der Waals surface area (Å²) in [7, 11) is 0. The van der Waals surface area contributed by atoms with E-state index in [-0.39, 0.29) is 31.1 Å². The van der Waals surface area contributed by atoms with Crippen molar-refractivity contribution in [2.45, 2.75) is 44.6 Å². The first-order valence-corrected chi connectivity index (χ1v) is 6.24. The number of β-amino-alcohol motifs (C(OH)–C–C–N with tert-alkyl or cyclic N) is 1. The minimum Gasteiger partial charge on any atom is -0.391 e. The van der Waals surface area contributed by atoms with Crippen LogP contribution in [0.4, 0.5) is 8.78 Å². The number of amides is 1. The SMILES string of the molecule is CC1CCN(C(=O)C2CCC(F)(F)C2)CC1O. The second kappa shape index (κ2) is 4.52. The van der Waals surface area contributed by atoms with Crippen LogP contribution in [0.3, 0.4) is 0 Å². The highest BCUT2D eigenvalue weighted by atomic mass is 19.3. The standard InChI is InChI=1S/C12H19F2NO2/c1-8-3-5-15(7-10(8)16)11(17)9-2-4-12(13,14)6-9/h8-10,16H,2-7H2,1H3. The van der Waals surface area contributed by atoms with Gasteiger partial charge in [0.2, 0.25) is 11.8 Å². The number of rotatable bonds is 1. The molecule has 2 rings (SSSR count). The lowest BCUT2D eigenvalue weighted by Crippen LogP contribution is -2.47. The number of hydrogen-bond donors (Lipinski definition) is 1. The molecular formula is C12H19F2NO2. The van der Waals surface area contributed by atoms with Crippen molar-refractivity contribution in [3.8, 4) is 0 Å². The second-order valence-corrected chi connectivity index (χ2v) is 5.41. The molecule has 1 saturated heterocycles.